The largest absolute Gasteiger partial charge is 0.419 e. The van der Waals surface area contributed by atoms with Crippen molar-refractivity contribution in [2.45, 2.75) is 19.3 Å². The van der Waals surface area contributed by atoms with Crippen molar-refractivity contribution in [3.8, 4) is 0 Å². The van der Waals surface area contributed by atoms with E-state index in [1.807, 2.05) is 6.92 Å². The first kappa shape index (κ1) is 31.9. The Labute approximate surface area is 228 Å². The molecule has 0 radical (unpaired) electrons. The molecule has 0 saturated carbocycles. The van der Waals surface area contributed by atoms with Gasteiger partial charge in [0.15, 0.2) is 11.6 Å². The first-order chi connectivity index (χ1) is 18.9. The van der Waals surface area contributed by atoms with E-state index >= 15 is 0 Å². The molecule has 0 aliphatic carbocycles. The van der Waals surface area contributed by atoms with Crippen LogP contribution in [0.15, 0.2) is 36.4 Å². The van der Waals surface area contributed by atoms with Crippen LogP contribution in [-0.4, -0.2) is 89.0 Å². The summed E-state index contributed by atoms with van der Waals surface area (Å²) < 4.78 is 109. The Kier molecular flexibility index (Phi) is 11.0. The normalized spacial score (nSPS) is 17.6. The SMILES string of the molecule is CCN1CCN(c2cccc(C(F)(F)F)c2F)CC1.COCCN1CCN(c2cccc(C(F)(F)F)c2F)CC1. The Morgan fingerprint density at radius 1 is 0.650 bits per heavy atom. The van der Waals surface area contributed by atoms with Crippen LogP contribution in [0.1, 0.15) is 18.1 Å². The average molecular weight is 583 g/mol. The summed E-state index contributed by atoms with van der Waals surface area (Å²) in [4.78, 5) is 7.66. The van der Waals surface area contributed by atoms with E-state index < -0.39 is 35.1 Å². The Hall–Kier alpha value is -2.64. The highest BCUT2D eigenvalue weighted by atomic mass is 19.4. The molecule has 0 amide bonds. The molecule has 2 aliphatic heterocycles. The van der Waals surface area contributed by atoms with Gasteiger partial charge in [0.1, 0.15) is 0 Å². The van der Waals surface area contributed by atoms with Gasteiger partial charge in [-0.05, 0) is 30.8 Å². The molecule has 0 atom stereocenters. The molecule has 5 nitrogen and oxygen atoms in total. The van der Waals surface area contributed by atoms with Gasteiger partial charge in [0, 0.05) is 66.0 Å². The number of methoxy groups -OCH3 is 1. The fraction of sp³-hybridized carbons (Fsp3) is 0.556. The van der Waals surface area contributed by atoms with Gasteiger partial charge < -0.3 is 19.4 Å². The summed E-state index contributed by atoms with van der Waals surface area (Å²) in [5, 5.41) is 0. The minimum absolute atomic E-state index is 0.0243. The quantitative estimate of drug-likeness (QED) is 0.413. The number of hydrogen-bond acceptors (Lipinski definition) is 5. The number of rotatable bonds is 6. The van der Waals surface area contributed by atoms with Crippen LogP contribution in [0.2, 0.25) is 0 Å². The van der Waals surface area contributed by atoms with Crippen molar-refractivity contribution < 1.29 is 39.9 Å². The first-order valence-electron chi connectivity index (χ1n) is 13.0. The molecule has 40 heavy (non-hydrogen) atoms. The maximum atomic E-state index is 14.1. The number of hydrogen-bond donors (Lipinski definition) is 0. The molecular weight excluding hydrogens is 548 g/mol. The Morgan fingerprint density at radius 2 is 1.05 bits per heavy atom. The molecule has 4 rings (SSSR count). The maximum absolute atomic E-state index is 14.1. The smallest absolute Gasteiger partial charge is 0.383 e. The Bertz CT molecular complexity index is 1080. The fourth-order valence-electron chi connectivity index (χ4n) is 4.70. The zero-order chi connectivity index (χ0) is 29.5. The molecule has 2 saturated heterocycles. The lowest BCUT2D eigenvalue weighted by molar-refractivity contribution is -0.140. The van der Waals surface area contributed by atoms with E-state index in [4.69, 9.17) is 4.74 Å². The predicted octanol–water partition coefficient (Wildman–Crippen LogP) is 5.60. The third-order valence-electron chi connectivity index (χ3n) is 7.05. The molecule has 0 N–H and O–H groups in total. The summed E-state index contributed by atoms with van der Waals surface area (Å²) in [5.41, 5.74) is -2.33. The molecule has 0 spiro atoms. The standard InChI is InChI=1S/C14H18F4N2O.C13H16F4N2/c1-21-10-9-19-5-7-20(8-6-19)12-4-2-3-11(13(12)15)14(16,17)18;1-2-18-6-8-19(9-7-18)11-5-3-4-10(12(11)14)13(15,16)17/h2-4H,5-10H2,1H3;3-5H,2,6-9H2,1H3. The van der Waals surface area contributed by atoms with Crippen LogP contribution in [0.5, 0.6) is 0 Å². The molecule has 2 aromatic rings. The Morgan fingerprint density at radius 3 is 1.40 bits per heavy atom. The zero-order valence-corrected chi connectivity index (χ0v) is 22.5. The highest BCUT2D eigenvalue weighted by molar-refractivity contribution is 5.52. The van der Waals surface area contributed by atoms with Crippen molar-refractivity contribution in [2.75, 3.05) is 89.0 Å². The van der Waals surface area contributed by atoms with Crippen molar-refractivity contribution in [1.29, 1.82) is 0 Å². The van der Waals surface area contributed by atoms with Gasteiger partial charge in [0.05, 0.1) is 29.1 Å². The van der Waals surface area contributed by atoms with Gasteiger partial charge in [0.2, 0.25) is 0 Å². The number of anilines is 2. The van der Waals surface area contributed by atoms with Crippen LogP contribution >= 0.6 is 0 Å². The third-order valence-corrected chi connectivity index (χ3v) is 7.05. The van der Waals surface area contributed by atoms with Gasteiger partial charge in [-0.2, -0.15) is 26.3 Å². The number of piperazine rings is 2. The lowest BCUT2D eigenvalue weighted by Gasteiger charge is -2.36. The number of alkyl halides is 6. The van der Waals surface area contributed by atoms with Crippen molar-refractivity contribution in [1.82, 2.24) is 9.80 Å². The van der Waals surface area contributed by atoms with Crippen molar-refractivity contribution in [3.05, 3.63) is 59.2 Å². The molecule has 0 bridgehead atoms. The number of nitrogens with zero attached hydrogens (tertiary/aromatic N) is 4. The van der Waals surface area contributed by atoms with Crippen LogP contribution < -0.4 is 9.80 Å². The highest BCUT2D eigenvalue weighted by Crippen LogP contribution is 2.36. The summed E-state index contributed by atoms with van der Waals surface area (Å²) in [6, 6.07) is 6.86. The van der Waals surface area contributed by atoms with Gasteiger partial charge >= 0.3 is 12.4 Å². The molecule has 13 heteroatoms. The topological polar surface area (TPSA) is 22.2 Å². The second-order valence-electron chi connectivity index (χ2n) is 9.52. The van der Waals surface area contributed by atoms with Gasteiger partial charge in [0.25, 0.3) is 0 Å². The van der Waals surface area contributed by atoms with E-state index in [0.717, 1.165) is 38.3 Å². The van der Waals surface area contributed by atoms with Gasteiger partial charge in [-0.15, -0.1) is 0 Å². The summed E-state index contributed by atoms with van der Waals surface area (Å²) >= 11 is 0. The minimum Gasteiger partial charge on any atom is -0.383 e. The van der Waals surface area contributed by atoms with E-state index in [9.17, 15) is 35.1 Å². The van der Waals surface area contributed by atoms with E-state index in [2.05, 4.69) is 9.80 Å². The van der Waals surface area contributed by atoms with Gasteiger partial charge in [-0.1, -0.05) is 19.1 Å². The average Bonchev–Trinajstić information content (AvgIpc) is 2.92. The monoisotopic (exact) mass is 582 g/mol. The zero-order valence-electron chi connectivity index (χ0n) is 22.5. The molecule has 224 valence electrons. The predicted molar refractivity (Wildman–Crippen MR) is 138 cm³/mol. The summed E-state index contributed by atoms with van der Waals surface area (Å²) in [7, 11) is 1.62. The second kappa shape index (κ2) is 13.8. The molecular formula is C27H34F8N4O. The summed E-state index contributed by atoms with van der Waals surface area (Å²) in [6.07, 6.45) is -9.31. The molecule has 2 aliphatic rings. The fourth-order valence-corrected chi connectivity index (χ4v) is 4.70. The van der Waals surface area contributed by atoms with Crippen LogP contribution in [0.4, 0.5) is 46.5 Å². The number of benzene rings is 2. The Balaban J connectivity index is 0.000000222. The second-order valence-corrected chi connectivity index (χ2v) is 9.52. The number of likely N-dealkylation sites (N-methyl/N-ethyl adjacent to an activating group) is 1. The lowest BCUT2D eigenvalue weighted by Crippen LogP contribution is -2.47. The minimum atomic E-state index is -4.67. The van der Waals surface area contributed by atoms with Crippen LogP contribution in [0.25, 0.3) is 0 Å². The molecule has 0 unspecified atom stereocenters. The summed E-state index contributed by atoms with van der Waals surface area (Å²) in [5.74, 6) is -2.35. The highest BCUT2D eigenvalue weighted by Gasteiger charge is 2.37. The molecule has 2 fully saturated rings. The van der Waals surface area contributed by atoms with E-state index in [1.165, 1.54) is 24.3 Å². The molecule has 0 aromatic heterocycles. The number of halogens is 8. The lowest BCUT2D eigenvalue weighted by atomic mass is 10.1. The van der Waals surface area contributed by atoms with Gasteiger partial charge in [-0.25, -0.2) is 8.78 Å². The third kappa shape index (κ3) is 8.20. The molecule has 2 heterocycles. The summed E-state index contributed by atoms with van der Waals surface area (Å²) in [6.45, 7) is 9.26. The van der Waals surface area contributed by atoms with Crippen molar-refractivity contribution in [3.63, 3.8) is 0 Å². The van der Waals surface area contributed by atoms with Gasteiger partial charge in [-0.3, -0.25) is 4.90 Å². The van der Waals surface area contributed by atoms with Crippen molar-refractivity contribution >= 4 is 11.4 Å². The van der Waals surface area contributed by atoms with E-state index in [0.29, 0.717) is 45.9 Å². The van der Waals surface area contributed by atoms with E-state index in [-0.39, 0.29) is 11.4 Å². The maximum Gasteiger partial charge on any atom is 0.419 e. The van der Waals surface area contributed by atoms with Crippen molar-refractivity contribution in [2.24, 2.45) is 0 Å². The van der Waals surface area contributed by atoms with E-state index in [1.54, 1.807) is 16.9 Å². The van der Waals surface area contributed by atoms with Crippen LogP contribution in [0.3, 0.4) is 0 Å². The van der Waals surface area contributed by atoms with Crippen LogP contribution in [0, 0.1) is 11.6 Å². The molecule has 2 aromatic carbocycles. The van der Waals surface area contributed by atoms with Crippen LogP contribution in [-0.2, 0) is 17.1 Å². The first-order valence-corrected chi connectivity index (χ1v) is 13.0. The number of ether oxygens (including phenoxy) is 1.